The van der Waals surface area contributed by atoms with Crippen LogP contribution in [0.4, 0.5) is 0 Å². The summed E-state index contributed by atoms with van der Waals surface area (Å²) in [5.74, 6) is 0.529. The standard InChI is InChI=1S/C11H21NO2/c1-5-8-6-9(12-7-8)10(13)14-11(2,3)4/h8-9,12H,5-7H2,1-4H3/t8-,9-/m0/s1. The fourth-order valence-corrected chi connectivity index (χ4v) is 1.67. The Hall–Kier alpha value is -0.570. The van der Waals surface area contributed by atoms with E-state index in [1.807, 2.05) is 20.8 Å². The van der Waals surface area contributed by atoms with E-state index in [1.165, 1.54) is 0 Å². The number of esters is 1. The van der Waals surface area contributed by atoms with E-state index < -0.39 is 0 Å². The number of carbonyl (C=O) groups excluding carboxylic acids is 1. The maximum atomic E-state index is 11.6. The SMILES string of the molecule is CC[C@@H]1CN[C@H](C(=O)OC(C)(C)C)C1. The van der Waals surface area contributed by atoms with Crippen LogP contribution in [-0.2, 0) is 9.53 Å². The minimum atomic E-state index is -0.372. The van der Waals surface area contributed by atoms with Gasteiger partial charge in [0.2, 0.25) is 0 Å². The molecule has 82 valence electrons. The van der Waals surface area contributed by atoms with E-state index >= 15 is 0 Å². The summed E-state index contributed by atoms with van der Waals surface area (Å²) < 4.78 is 5.31. The van der Waals surface area contributed by atoms with Crippen LogP contribution in [0.1, 0.15) is 40.5 Å². The first-order valence-electron chi connectivity index (χ1n) is 5.38. The van der Waals surface area contributed by atoms with Crippen molar-refractivity contribution in [3.05, 3.63) is 0 Å². The summed E-state index contributed by atoms with van der Waals surface area (Å²) in [5, 5.41) is 3.21. The van der Waals surface area contributed by atoms with E-state index in [-0.39, 0.29) is 17.6 Å². The Morgan fingerprint density at radius 2 is 2.14 bits per heavy atom. The molecular formula is C11H21NO2. The number of nitrogens with one attached hydrogen (secondary N) is 1. The summed E-state index contributed by atoms with van der Waals surface area (Å²) in [5.41, 5.74) is -0.372. The minimum absolute atomic E-state index is 0.0841. The Bertz CT molecular complexity index is 208. The third kappa shape index (κ3) is 3.29. The number of carbonyl (C=O) groups is 1. The molecule has 0 aromatic rings. The molecule has 0 spiro atoms. The highest BCUT2D eigenvalue weighted by Crippen LogP contribution is 2.19. The molecule has 3 heteroatoms. The summed E-state index contributed by atoms with van der Waals surface area (Å²) >= 11 is 0. The zero-order valence-electron chi connectivity index (χ0n) is 9.59. The summed E-state index contributed by atoms with van der Waals surface area (Å²) in [7, 11) is 0. The normalized spacial score (nSPS) is 27.7. The molecule has 0 bridgehead atoms. The largest absolute Gasteiger partial charge is 0.459 e. The number of ether oxygens (including phenoxy) is 1. The van der Waals surface area contributed by atoms with Gasteiger partial charge in [0, 0.05) is 0 Å². The van der Waals surface area contributed by atoms with Crippen LogP contribution >= 0.6 is 0 Å². The first-order chi connectivity index (χ1) is 6.42. The zero-order chi connectivity index (χ0) is 10.8. The fourth-order valence-electron chi connectivity index (χ4n) is 1.67. The van der Waals surface area contributed by atoms with Gasteiger partial charge in [-0.3, -0.25) is 4.79 Å². The van der Waals surface area contributed by atoms with Crippen LogP contribution in [0.2, 0.25) is 0 Å². The van der Waals surface area contributed by atoms with Crippen LogP contribution in [0.3, 0.4) is 0 Å². The molecule has 0 radical (unpaired) electrons. The van der Waals surface area contributed by atoms with Gasteiger partial charge in [-0.25, -0.2) is 0 Å². The molecule has 1 aliphatic rings. The molecule has 1 N–H and O–H groups in total. The van der Waals surface area contributed by atoms with E-state index in [4.69, 9.17) is 4.74 Å². The molecule has 3 nitrogen and oxygen atoms in total. The minimum Gasteiger partial charge on any atom is -0.459 e. The maximum Gasteiger partial charge on any atom is 0.323 e. The Morgan fingerprint density at radius 1 is 1.50 bits per heavy atom. The van der Waals surface area contributed by atoms with Crippen molar-refractivity contribution in [2.45, 2.75) is 52.2 Å². The van der Waals surface area contributed by atoms with Gasteiger partial charge in [0.15, 0.2) is 0 Å². The average Bonchev–Trinajstić information content (AvgIpc) is 2.48. The van der Waals surface area contributed by atoms with Gasteiger partial charge in [-0.15, -0.1) is 0 Å². The van der Waals surface area contributed by atoms with Crippen molar-refractivity contribution in [3.8, 4) is 0 Å². The molecule has 14 heavy (non-hydrogen) atoms. The van der Waals surface area contributed by atoms with E-state index in [9.17, 15) is 4.79 Å². The Kier molecular flexibility index (Phi) is 3.53. The van der Waals surface area contributed by atoms with Crippen molar-refractivity contribution in [1.82, 2.24) is 5.32 Å². The Labute approximate surface area is 86.2 Å². The van der Waals surface area contributed by atoms with E-state index in [1.54, 1.807) is 0 Å². The molecule has 0 aliphatic carbocycles. The second kappa shape index (κ2) is 4.30. The highest BCUT2D eigenvalue weighted by molar-refractivity contribution is 5.76. The molecular weight excluding hydrogens is 178 g/mol. The van der Waals surface area contributed by atoms with Gasteiger partial charge in [0.1, 0.15) is 11.6 Å². The summed E-state index contributed by atoms with van der Waals surface area (Å²) in [4.78, 5) is 11.6. The van der Waals surface area contributed by atoms with Crippen molar-refractivity contribution in [1.29, 1.82) is 0 Å². The van der Waals surface area contributed by atoms with Gasteiger partial charge < -0.3 is 10.1 Å². The zero-order valence-corrected chi connectivity index (χ0v) is 9.59. The van der Waals surface area contributed by atoms with Gasteiger partial charge in [-0.05, 0) is 39.7 Å². The van der Waals surface area contributed by atoms with E-state index in [2.05, 4.69) is 12.2 Å². The molecule has 1 fully saturated rings. The van der Waals surface area contributed by atoms with E-state index in [0.29, 0.717) is 5.92 Å². The van der Waals surface area contributed by atoms with Crippen molar-refractivity contribution < 1.29 is 9.53 Å². The number of hydrogen-bond acceptors (Lipinski definition) is 3. The van der Waals surface area contributed by atoms with Crippen LogP contribution in [0.15, 0.2) is 0 Å². The molecule has 0 aromatic heterocycles. The topological polar surface area (TPSA) is 38.3 Å². The highest BCUT2D eigenvalue weighted by Gasteiger charge is 2.31. The lowest BCUT2D eigenvalue weighted by Gasteiger charge is -2.22. The second-order valence-electron chi connectivity index (χ2n) is 5.00. The first kappa shape index (κ1) is 11.5. The third-order valence-electron chi connectivity index (χ3n) is 2.49. The van der Waals surface area contributed by atoms with Crippen LogP contribution < -0.4 is 5.32 Å². The first-order valence-corrected chi connectivity index (χ1v) is 5.38. The molecule has 0 aromatic carbocycles. The molecule has 0 unspecified atom stereocenters. The number of hydrogen-bond donors (Lipinski definition) is 1. The monoisotopic (exact) mass is 199 g/mol. The fraction of sp³-hybridized carbons (Fsp3) is 0.909. The molecule has 1 saturated heterocycles. The Morgan fingerprint density at radius 3 is 2.57 bits per heavy atom. The molecule has 1 rings (SSSR count). The number of rotatable bonds is 2. The predicted octanol–water partition coefficient (Wildman–Crippen LogP) is 1.72. The van der Waals surface area contributed by atoms with Crippen molar-refractivity contribution in [2.75, 3.05) is 6.54 Å². The molecule has 2 atom stereocenters. The van der Waals surface area contributed by atoms with Crippen LogP contribution in [-0.4, -0.2) is 24.2 Å². The summed E-state index contributed by atoms with van der Waals surface area (Å²) in [6.45, 7) is 8.80. The van der Waals surface area contributed by atoms with E-state index in [0.717, 1.165) is 19.4 Å². The lowest BCUT2D eigenvalue weighted by molar-refractivity contribution is -0.157. The third-order valence-corrected chi connectivity index (χ3v) is 2.49. The predicted molar refractivity (Wildman–Crippen MR) is 56.0 cm³/mol. The van der Waals surface area contributed by atoms with Gasteiger partial charge in [0.25, 0.3) is 0 Å². The van der Waals surface area contributed by atoms with Crippen LogP contribution in [0.5, 0.6) is 0 Å². The lowest BCUT2D eigenvalue weighted by Crippen LogP contribution is -2.37. The highest BCUT2D eigenvalue weighted by atomic mass is 16.6. The molecule has 0 saturated carbocycles. The van der Waals surface area contributed by atoms with Gasteiger partial charge >= 0.3 is 5.97 Å². The lowest BCUT2D eigenvalue weighted by atomic mass is 10.0. The smallest absolute Gasteiger partial charge is 0.323 e. The van der Waals surface area contributed by atoms with Gasteiger partial charge in [-0.2, -0.15) is 0 Å². The molecule has 0 amide bonds. The summed E-state index contributed by atoms with van der Waals surface area (Å²) in [6, 6.07) is -0.0841. The van der Waals surface area contributed by atoms with Crippen molar-refractivity contribution in [3.63, 3.8) is 0 Å². The van der Waals surface area contributed by atoms with Crippen LogP contribution in [0.25, 0.3) is 0 Å². The average molecular weight is 199 g/mol. The van der Waals surface area contributed by atoms with Crippen LogP contribution in [0, 0.1) is 5.92 Å². The van der Waals surface area contributed by atoms with Gasteiger partial charge in [-0.1, -0.05) is 13.3 Å². The van der Waals surface area contributed by atoms with Crippen molar-refractivity contribution in [2.24, 2.45) is 5.92 Å². The second-order valence-corrected chi connectivity index (χ2v) is 5.00. The van der Waals surface area contributed by atoms with Gasteiger partial charge in [0.05, 0.1) is 0 Å². The molecule has 1 aliphatic heterocycles. The quantitative estimate of drug-likeness (QED) is 0.688. The molecule has 1 heterocycles. The maximum absolute atomic E-state index is 11.6. The van der Waals surface area contributed by atoms with Crippen molar-refractivity contribution >= 4 is 5.97 Å². The summed E-state index contributed by atoms with van der Waals surface area (Å²) in [6.07, 6.45) is 2.05. The Balaban J connectivity index is 2.40.